The summed E-state index contributed by atoms with van der Waals surface area (Å²) in [6.45, 7) is 6.11. The minimum Gasteiger partial charge on any atom is -0.349 e. The Morgan fingerprint density at radius 1 is 1.16 bits per heavy atom. The van der Waals surface area contributed by atoms with E-state index in [9.17, 15) is 9.59 Å². The van der Waals surface area contributed by atoms with Crippen LogP contribution in [0.2, 0.25) is 0 Å². The Hall–Kier alpha value is -2.21. The van der Waals surface area contributed by atoms with Gasteiger partial charge in [-0.1, -0.05) is 50.8 Å². The molecule has 2 amide bonds. The Labute approximate surface area is 155 Å². The monoisotopic (exact) mass is 361 g/mol. The number of hydrogen-bond donors (Lipinski definition) is 3. The molecule has 1 aromatic carbocycles. The lowest BCUT2D eigenvalue weighted by molar-refractivity contribution is -0.119. The lowest BCUT2D eigenvalue weighted by atomic mass is 10.1. The zero-order chi connectivity index (χ0) is 18.5. The van der Waals surface area contributed by atoms with Gasteiger partial charge in [0.25, 0.3) is 5.91 Å². The minimum absolute atomic E-state index is 0.109. The first-order chi connectivity index (χ1) is 12.1. The molecular formula is C19H27N3O2S. The summed E-state index contributed by atoms with van der Waals surface area (Å²) in [5.74, 6) is -0.337. The van der Waals surface area contributed by atoms with E-state index in [0.717, 1.165) is 19.3 Å². The van der Waals surface area contributed by atoms with Crippen LogP contribution in [0.15, 0.2) is 36.9 Å². The molecule has 0 aliphatic heterocycles. The Balaban J connectivity index is 2.50. The highest BCUT2D eigenvalue weighted by molar-refractivity contribution is 7.80. The highest BCUT2D eigenvalue weighted by atomic mass is 32.1. The molecule has 136 valence electrons. The van der Waals surface area contributed by atoms with Gasteiger partial charge in [-0.25, -0.2) is 0 Å². The first-order valence-electron chi connectivity index (χ1n) is 8.67. The average molecular weight is 362 g/mol. The molecule has 0 saturated heterocycles. The van der Waals surface area contributed by atoms with Gasteiger partial charge in [0.15, 0.2) is 5.11 Å². The van der Waals surface area contributed by atoms with Crippen LogP contribution in [0.4, 0.5) is 5.69 Å². The zero-order valence-corrected chi connectivity index (χ0v) is 15.6. The SMILES string of the molecule is C=CCNC(=O)c1ccccc1NC(=S)NC(=O)CCCCCCC. The number of thiocarbonyl (C=S) groups is 1. The second-order valence-corrected chi connectivity index (χ2v) is 6.12. The number of rotatable bonds is 10. The number of carbonyl (C=O) groups is 2. The summed E-state index contributed by atoms with van der Waals surface area (Å²) >= 11 is 5.18. The molecule has 0 fully saturated rings. The summed E-state index contributed by atoms with van der Waals surface area (Å²) in [5.41, 5.74) is 1.01. The first-order valence-corrected chi connectivity index (χ1v) is 9.08. The number of anilines is 1. The second-order valence-electron chi connectivity index (χ2n) is 5.71. The molecule has 0 saturated carbocycles. The van der Waals surface area contributed by atoms with Crippen molar-refractivity contribution in [1.82, 2.24) is 10.6 Å². The van der Waals surface area contributed by atoms with Gasteiger partial charge >= 0.3 is 0 Å². The number of amides is 2. The van der Waals surface area contributed by atoms with Crippen molar-refractivity contribution in [2.24, 2.45) is 0 Å². The number of hydrogen-bond acceptors (Lipinski definition) is 3. The van der Waals surface area contributed by atoms with Crippen molar-refractivity contribution in [2.45, 2.75) is 45.4 Å². The molecule has 1 rings (SSSR count). The smallest absolute Gasteiger partial charge is 0.253 e. The summed E-state index contributed by atoms with van der Waals surface area (Å²) in [6, 6.07) is 7.00. The van der Waals surface area contributed by atoms with Gasteiger partial charge in [0.05, 0.1) is 11.3 Å². The molecule has 0 heterocycles. The zero-order valence-electron chi connectivity index (χ0n) is 14.8. The fourth-order valence-corrected chi connectivity index (χ4v) is 2.51. The molecule has 6 heteroatoms. The van der Waals surface area contributed by atoms with Crippen molar-refractivity contribution in [3.05, 3.63) is 42.5 Å². The normalized spacial score (nSPS) is 9.96. The van der Waals surface area contributed by atoms with Crippen molar-refractivity contribution in [3.63, 3.8) is 0 Å². The Bertz CT molecular complexity index is 602. The summed E-state index contributed by atoms with van der Waals surface area (Å²) < 4.78 is 0. The van der Waals surface area contributed by atoms with E-state index in [2.05, 4.69) is 29.5 Å². The van der Waals surface area contributed by atoms with Gasteiger partial charge in [-0.2, -0.15) is 0 Å². The van der Waals surface area contributed by atoms with Crippen LogP contribution < -0.4 is 16.0 Å². The van der Waals surface area contributed by atoms with Crippen molar-refractivity contribution >= 4 is 34.8 Å². The number of unbranched alkanes of at least 4 members (excludes halogenated alkanes) is 4. The van der Waals surface area contributed by atoms with E-state index in [-0.39, 0.29) is 16.9 Å². The highest BCUT2D eigenvalue weighted by Crippen LogP contribution is 2.15. The van der Waals surface area contributed by atoms with E-state index in [1.165, 1.54) is 12.8 Å². The van der Waals surface area contributed by atoms with Crippen LogP contribution in [-0.4, -0.2) is 23.5 Å². The molecule has 0 aliphatic carbocycles. The maximum absolute atomic E-state index is 12.1. The molecule has 0 atom stereocenters. The van der Waals surface area contributed by atoms with Gasteiger partial charge in [0.1, 0.15) is 0 Å². The van der Waals surface area contributed by atoms with Crippen LogP contribution in [0.25, 0.3) is 0 Å². The molecular weight excluding hydrogens is 334 g/mol. The number of benzene rings is 1. The third-order valence-electron chi connectivity index (χ3n) is 3.59. The quantitative estimate of drug-likeness (QED) is 0.337. The average Bonchev–Trinajstić information content (AvgIpc) is 2.59. The van der Waals surface area contributed by atoms with Crippen LogP contribution in [0.3, 0.4) is 0 Å². The van der Waals surface area contributed by atoms with Crippen LogP contribution in [-0.2, 0) is 4.79 Å². The summed E-state index contributed by atoms with van der Waals surface area (Å²) in [7, 11) is 0. The molecule has 3 N–H and O–H groups in total. The van der Waals surface area contributed by atoms with Crippen molar-refractivity contribution in [3.8, 4) is 0 Å². The second kappa shape index (κ2) is 12.2. The first kappa shape index (κ1) is 20.8. The summed E-state index contributed by atoms with van der Waals surface area (Å²) in [5, 5.41) is 8.50. The lowest BCUT2D eigenvalue weighted by Gasteiger charge is -2.13. The van der Waals surface area contributed by atoms with Crippen LogP contribution in [0.1, 0.15) is 55.8 Å². The standard InChI is InChI=1S/C19H27N3O2S/c1-3-5-6-7-8-13-17(23)22-19(25)21-16-12-10-9-11-15(16)18(24)20-14-4-2/h4,9-12H,2-3,5-8,13-14H2,1H3,(H,20,24)(H2,21,22,23,25). The van der Waals surface area contributed by atoms with Crippen LogP contribution >= 0.6 is 12.2 Å². The van der Waals surface area contributed by atoms with Gasteiger partial charge < -0.3 is 16.0 Å². The summed E-state index contributed by atoms with van der Waals surface area (Å²) in [6.07, 6.45) is 7.50. The number of carbonyl (C=O) groups excluding carboxylic acids is 2. The highest BCUT2D eigenvalue weighted by Gasteiger charge is 2.12. The van der Waals surface area contributed by atoms with E-state index in [0.29, 0.717) is 24.2 Å². The maximum Gasteiger partial charge on any atom is 0.253 e. The molecule has 1 aromatic rings. The van der Waals surface area contributed by atoms with E-state index >= 15 is 0 Å². The van der Waals surface area contributed by atoms with E-state index in [4.69, 9.17) is 12.2 Å². The van der Waals surface area contributed by atoms with Crippen molar-refractivity contribution < 1.29 is 9.59 Å². The largest absolute Gasteiger partial charge is 0.349 e. The maximum atomic E-state index is 12.1. The van der Waals surface area contributed by atoms with Gasteiger partial charge in [-0.15, -0.1) is 6.58 Å². The Kier molecular flexibility index (Phi) is 10.2. The Morgan fingerprint density at radius 2 is 1.88 bits per heavy atom. The van der Waals surface area contributed by atoms with Gasteiger partial charge in [0.2, 0.25) is 5.91 Å². The van der Waals surface area contributed by atoms with E-state index in [1.807, 2.05) is 0 Å². The predicted octanol–water partition coefficient (Wildman–Crippen LogP) is 3.78. The van der Waals surface area contributed by atoms with Gasteiger partial charge in [0, 0.05) is 13.0 Å². The molecule has 0 spiro atoms. The van der Waals surface area contributed by atoms with Crippen LogP contribution in [0.5, 0.6) is 0 Å². The third kappa shape index (κ3) is 8.44. The molecule has 0 aliphatic rings. The molecule has 0 aromatic heterocycles. The van der Waals surface area contributed by atoms with Crippen LogP contribution in [0, 0.1) is 0 Å². The number of nitrogens with one attached hydrogen (secondary N) is 3. The third-order valence-corrected chi connectivity index (χ3v) is 3.79. The van der Waals surface area contributed by atoms with E-state index in [1.54, 1.807) is 30.3 Å². The topological polar surface area (TPSA) is 70.2 Å². The lowest BCUT2D eigenvalue weighted by Crippen LogP contribution is -2.34. The van der Waals surface area contributed by atoms with Crippen molar-refractivity contribution in [2.75, 3.05) is 11.9 Å². The minimum atomic E-state index is -0.229. The van der Waals surface area contributed by atoms with Gasteiger partial charge in [-0.05, 0) is 30.8 Å². The molecule has 0 unspecified atom stereocenters. The Morgan fingerprint density at radius 3 is 2.60 bits per heavy atom. The summed E-state index contributed by atoms with van der Waals surface area (Å²) in [4.78, 5) is 24.0. The predicted molar refractivity (Wildman–Crippen MR) is 107 cm³/mol. The molecule has 0 bridgehead atoms. The molecule has 0 radical (unpaired) electrons. The van der Waals surface area contributed by atoms with E-state index < -0.39 is 0 Å². The fraction of sp³-hybridized carbons (Fsp3) is 0.421. The fourth-order valence-electron chi connectivity index (χ4n) is 2.28. The molecule has 25 heavy (non-hydrogen) atoms. The molecule has 5 nitrogen and oxygen atoms in total. The van der Waals surface area contributed by atoms with Gasteiger partial charge in [-0.3, -0.25) is 9.59 Å². The number of para-hydroxylation sites is 1. The van der Waals surface area contributed by atoms with Crippen molar-refractivity contribution in [1.29, 1.82) is 0 Å².